The number of benzene rings is 1. The fraction of sp³-hybridized carbons (Fsp3) is 0.588. The highest BCUT2D eigenvalue weighted by Gasteiger charge is 2.20. The molecular weight excluding hydrogens is 366 g/mol. The summed E-state index contributed by atoms with van der Waals surface area (Å²) in [7, 11) is 1.75. The maximum Gasteiger partial charge on any atom is 0.410 e. The average Bonchev–Trinajstić information content (AvgIpc) is 2.41. The Bertz CT molecular complexity index is 514. The highest BCUT2D eigenvalue weighted by molar-refractivity contribution is 9.09. The predicted molar refractivity (Wildman–Crippen MR) is 96.0 cm³/mol. The summed E-state index contributed by atoms with van der Waals surface area (Å²) in [4.78, 5) is 13.7. The van der Waals surface area contributed by atoms with E-state index >= 15 is 0 Å². The minimum absolute atomic E-state index is 0.154. The summed E-state index contributed by atoms with van der Waals surface area (Å²) >= 11 is 9.84. The Balaban J connectivity index is 2.60. The highest BCUT2D eigenvalue weighted by atomic mass is 79.9. The maximum atomic E-state index is 11.9. The Morgan fingerprint density at radius 3 is 2.55 bits per heavy atom. The van der Waals surface area contributed by atoms with Gasteiger partial charge in [0.25, 0.3) is 0 Å². The number of hydrogen-bond acceptors (Lipinski definition) is 2. The Labute approximate surface area is 147 Å². The highest BCUT2D eigenvalue weighted by Crippen LogP contribution is 2.30. The first kappa shape index (κ1) is 19.3. The van der Waals surface area contributed by atoms with E-state index in [-0.39, 0.29) is 10.9 Å². The molecule has 0 saturated carbocycles. The van der Waals surface area contributed by atoms with E-state index in [0.717, 1.165) is 23.4 Å². The van der Waals surface area contributed by atoms with Gasteiger partial charge < -0.3 is 9.64 Å². The van der Waals surface area contributed by atoms with Crippen LogP contribution < -0.4 is 0 Å². The lowest BCUT2D eigenvalue weighted by molar-refractivity contribution is 0.0297. The van der Waals surface area contributed by atoms with Gasteiger partial charge in [-0.1, -0.05) is 40.5 Å². The van der Waals surface area contributed by atoms with E-state index < -0.39 is 5.60 Å². The second kappa shape index (κ2) is 8.21. The Morgan fingerprint density at radius 2 is 2.00 bits per heavy atom. The van der Waals surface area contributed by atoms with Crippen LogP contribution in [0.2, 0.25) is 5.02 Å². The molecule has 0 fully saturated rings. The van der Waals surface area contributed by atoms with Crippen LogP contribution in [0, 0.1) is 0 Å². The van der Waals surface area contributed by atoms with Crippen LogP contribution in [-0.4, -0.2) is 30.2 Å². The second-order valence-electron chi connectivity index (χ2n) is 6.40. The molecule has 0 spiro atoms. The first-order valence-electron chi connectivity index (χ1n) is 7.50. The third-order valence-electron chi connectivity index (χ3n) is 3.17. The minimum Gasteiger partial charge on any atom is -0.444 e. The molecule has 22 heavy (non-hydrogen) atoms. The predicted octanol–water partition coefficient (Wildman–Crippen LogP) is 5.60. The largest absolute Gasteiger partial charge is 0.444 e. The zero-order chi connectivity index (χ0) is 16.9. The van der Waals surface area contributed by atoms with Gasteiger partial charge in [-0.15, -0.1) is 0 Å². The fourth-order valence-corrected chi connectivity index (χ4v) is 2.70. The SMILES string of the molecule is CCc1cc(Cl)cc(C(Br)CCN(C)C(=O)OC(C)(C)C)c1. The molecule has 0 N–H and O–H groups in total. The molecule has 1 unspecified atom stereocenters. The number of halogens is 2. The molecule has 0 bridgehead atoms. The number of rotatable bonds is 5. The molecule has 0 aliphatic carbocycles. The van der Waals surface area contributed by atoms with Gasteiger partial charge >= 0.3 is 6.09 Å². The van der Waals surface area contributed by atoms with Crippen molar-refractivity contribution in [3.63, 3.8) is 0 Å². The molecule has 1 amide bonds. The van der Waals surface area contributed by atoms with E-state index in [4.69, 9.17) is 16.3 Å². The van der Waals surface area contributed by atoms with Crippen LogP contribution >= 0.6 is 27.5 Å². The summed E-state index contributed by atoms with van der Waals surface area (Å²) in [6, 6.07) is 6.10. The second-order valence-corrected chi connectivity index (χ2v) is 7.95. The minimum atomic E-state index is -0.470. The third kappa shape index (κ3) is 6.57. The number of ether oxygens (including phenoxy) is 1. The van der Waals surface area contributed by atoms with E-state index in [1.807, 2.05) is 32.9 Å². The summed E-state index contributed by atoms with van der Waals surface area (Å²) in [5, 5.41) is 0.749. The molecule has 0 saturated heterocycles. The molecule has 1 atom stereocenters. The normalized spacial score (nSPS) is 12.9. The molecule has 1 aromatic rings. The van der Waals surface area contributed by atoms with Gasteiger partial charge in [-0.2, -0.15) is 0 Å². The zero-order valence-electron chi connectivity index (χ0n) is 14.0. The van der Waals surface area contributed by atoms with E-state index in [1.165, 1.54) is 5.56 Å². The van der Waals surface area contributed by atoms with Gasteiger partial charge in [-0.05, 0) is 56.9 Å². The van der Waals surface area contributed by atoms with Crippen molar-refractivity contribution in [3.8, 4) is 0 Å². The van der Waals surface area contributed by atoms with Crippen LogP contribution in [-0.2, 0) is 11.2 Å². The quantitative estimate of drug-likeness (QED) is 0.613. The van der Waals surface area contributed by atoms with E-state index in [0.29, 0.717) is 6.54 Å². The van der Waals surface area contributed by atoms with Gasteiger partial charge in [0.05, 0.1) is 0 Å². The number of carbonyl (C=O) groups excluding carboxylic acids is 1. The topological polar surface area (TPSA) is 29.5 Å². The lowest BCUT2D eigenvalue weighted by Crippen LogP contribution is -2.35. The fourth-order valence-electron chi connectivity index (χ4n) is 1.97. The first-order chi connectivity index (χ1) is 10.1. The number of alkyl halides is 1. The zero-order valence-corrected chi connectivity index (χ0v) is 16.3. The molecule has 124 valence electrons. The van der Waals surface area contributed by atoms with Crippen molar-refractivity contribution in [1.82, 2.24) is 4.90 Å². The van der Waals surface area contributed by atoms with Crippen LogP contribution in [0.1, 0.15) is 50.1 Å². The number of nitrogens with zero attached hydrogens (tertiary/aromatic N) is 1. The van der Waals surface area contributed by atoms with Crippen molar-refractivity contribution < 1.29 is 9.53 Å². The number of hydrogen-bond donors (Lipinski definition) is 0. The summed E-state index contributed by atoms with van der Waals surface area (Å²) in [6.45, 7) is 8.31. The van der Waals surface area contributed by atoms with Crippen LogP contribution in [0.15, 0.2) is 18.2 Å². The molecule has 0 heterocycles. The standard InChI is InChI=1S/C17H25BrClNO2/c1-6-12-9-13(11-14(19)10-12)15(18)7-8-20(5)16(21)22-17(2,3)4/h9-11,15H,6-8H2,1-5H3. The van der Waals surface area contributed by atoms with Crippen molar-refractivity contribution >= 4 is 33.6 Å². The monoisotopic (exact) mass is 389 g/mol. The Kier molecular flexibility index (Phi) is 7.20. The third-order valence-corrected chi connectivity index (χ3v) is 4.38. The lowest BCUT2D eigenvalue weighted by atomic mass is 10.0. The van der Waals surface area contributed by atoms with Crippen LogP contribution in [0.5, 0.6) is 0 Å². The Morgan fingerprint density at radius 1 is 1.36 bits per heavy atom. The van der Waals surface area contributed by atoms with Crippen molar-refractivity contribution in [2.24, 2.45) is 0 Å². The van der Waals surface area contributed by atoms with Gasteiger partial charge in [-0.3, -0.25) is 0 Å². The molecule has 5 heteroatoms. The molecule has 0 radical (unpaired) electrons. The maximum absolute atomic E-state index is 11.9. The Hall–Kier alpha value is -0.740. The van der Waals surface area contributed by atoms with Crippen molar-refractivity contribution in [2.45, 2.75) is 51.0 Å². The number of aryl methyl sites for hydroxylation is 1. The summed E-state index contributed by atoms with van der Waals surface area (Å²) < 4.78 is 5.34. The van der Waals surface area contributed by atoms with Gasteiger partial charge in [-0.25, -0.2) is 4.79 Å². The molecule has 1 rings (SSSR count). The molecule has 3 nitrogen and oxygen atoms in total. The molecule has 0 aliphatic heterocycles. The van der Waals surface area contributed by atoms with Crippen molar-refractivity contribution in [2.75, 3.05) is 13.6 Å². The van der Waals surface area contributed by atoms with Crippen LogP contribution in [0.25, 0.3) is 0 Å². The van der Waals surface area contributed by atoms with Gasteiger partial charge in [0, 0.05) is 23.4 Å². The van der Waals surface area contributed by atoms with Crippen molar-refractivity contribution in [3.05, 3.63) is 34.3 Å². The van der Waals surface area contributed by atoms with E-state index in [9.17, 15) is 4.79 Å². The van der Waals surface area contributed by atoms with Gasteiger partial charge in [0.1, 0.15) is 5.60 Å². The smallest absolute Gasteiger partial charge is 0.410 e. The van der Waals surface area contributed by atoms with E-state index in [1.54, 1.807) is 11.9 Å². The summed E-state index contributed by atoms with van der Waals surface area (Å²) in [6.07, 6.45) is 1.44. The lowest BCUT2D eigenvalue weighted by Gasteiger charge is -2.25. The average molecular weight is 391 g/mol. The summed E-state index contributed by atoms with van der Waals surface area (Å²) in [5.74, 6) is 0. The van der Waals surface area contributed by atoms with Crippen molar-refractivity contribution in [1.29, 1.82) is 0 Å². The van der Waals surface area contributed by atoms with Crippen LogP contribution in [0.4, 0.5) is 4.79 Å². The molecule has 1 aromatic carbocycles. The molecular formula is C17H25BrClNO2. The summed E-state index contributed by atoms with van der Waals surface area (Å²) in [5.41, 5.74) is 1.89. The number of carbonyl (C=O) groups is 1. The van der Waals surface area contributed by atoms with Gasteiger partial charge in [0.15, 0.2) is 0 Å². The van der Waals surface area contributed by atoms with Gasteiger partial charge in [0.2, 0.25) is 0 Å². The molecule has 0 aromatic heterocycles. The molecule has 0 aliphatic rings. The van der Waals surface area contributed by atoms with E-state index in [2.05, 4.69) is 28.9 Å². The van der Waals surface area contributed by atoms with Crippen LogP contribution in [0.3, 0.4) is 0 Å². The number of amides is 1. The first-order valence-corrected chi connectivity index (χ1v) is 8.79.